The van der Waals surface area contributed by atoms with Crippen LogP contribution in [0.15, 0.2) is 0 Å². The minimum Gasteiger partial charge on any atom is -0.538 e. The zero-order valence-electron chi connectivity index (χ0n) is 4.07. The van der Waals surface area contributed by atoms with Gasteiger partial charge in [0.05, 0.1) is 0 Å². The molecule has 0 aromatic carbocycles. The maximum Gasteiger partial charge on any atom is 1.00 e. The van der Waals surface area contributed by atoms with Gasteiger partial charge in [-0.05, 0) is 0 Å². The van der Waals surface area contributed by atoms with Crippen LogP contribution in [0.3, 0.4) is 0 Å². The van der Waals surface area contributed by atoms with Gasteiger partial charge in [-0.15, -0.1) is 0 Å². The summed E-state index contributed by atoms with van der Waals surface area (Å²) < 4.78 is 9.36. The van der Waals surface area contributed by atoms with Gasteiger partial charge in [-0.1, -0.05) is 0 Å². The van der Waals surface area contributed by atoms with Gasteiger partial charge in [0.1, 0.15) is 0 Å². The second-order valence-electron chi connectivity index (χ2n) is 0.810. The van der Waals surface area contributed by atoms with E-state index < -0.39 is 13.3 Å². The maximum atomic E-state index is 9.36. The van der Waals surface area contributed by atoms with Gasteiger partial charge in [-0.25, -0.2) is 0 Å². The predicted octanol–water partition coefficient (Wildman–Crippen LogP) is -4.49. The molecule has 0 aliphatic heterocycles. The molecule has 0 aliphatic carbocycles. The fraction of sp³-hybridized carbons (Fsp3) is 0. The minimum absolute atomic E-state index is 0. The van der Waals surface area contributed by atoms with E-state index in [1.54, 1.807) is 0 Å². The standard InChI is InChI=1S/CH3O5P.K/c2-1(3)7(4,5)6;/h(H,2,3)(H2,4,5,6);/q;+1/p-1. The molecule has 0 rings (SSSR count). The number of hydrogen-bond acceptors (Lipinski definition) is 3. The van der Waals surface area contributed by atoms with E-state index in [1.807, 2.05) is 0 Å². The second kappa shape index (κ2) is 4.13. The Morgan fingerprint density at radius 3 is 1.62 bits per heavy atom. The van der Waals surface area contributed by atoms with Crippen molar-refractivity contribution >= 4 is 13.3 Å². The topological polar surface area (TPSA) is 97.7 Å². The Labute approximate surface area is 87.7 Å². The SMILES string of the molecule is O=C([O-])P(=O)(O)O.[K+]. The van der Waals surface area contributed by atoms with Gasteiger partial charge in [0.15, 0.2) is 5.71 Å². The molecule has 5 nitrogen and oxygen atoms in total. The van der Waals surface area contributed by atoms with Crippen LogP contribution in [0.2, 0.25) is 0 Å². The molecule has 0 bridgehead atoms. The Morgan fingerprint density at radius 2 is 1.62 bits per heavy atom. The smallest absolute Gasteiger partial charge is 0.538 e. The molecule has 0 amide bonds. The van der Waals surface area contributed by atoms with Gasteiger partial charge in [0.2, 0.25) is 0 Å². The van der Waals surface area contributed by atoms with E-state index >= 15 is 0 Å². The molecular formula is CH2KO5P. The van der Waals surface area contributed by atoms with Crippen LogP contribution in [0.1, 0.15) is 0 Å². The molecule has 0 heterocycles. The molecule has 0 saturated carbocycles. The third-order valence-corrected chi connectivity index (χ3v) is 0.714. The van der Waals surface area contributed by atoms with Gasteiger partial charge in [-0.2, -0.15) is 0 Å². The first-order chi connectivity index (χ1) is 2.94. The van der Waals surface area contributed by atoms with Crippen molar-refractivity contribution in [2.75, 3.05) is 0 Å². The molecule has 0 unspecified atom stereocenters. The monoisotopic (exact) mass is 164 g/mol. The van der Waals surface area contributed by atoms with Crippen LogP contribution in [0.25, 0.3) is 0 Å². The molecule has 0 radical (unpaired) electrons. The summed E-state index contributed by atoms with van der Waals surface area (Å²) in [5.41, 5.74) is -2.34. The molecule has 0 saturated heterocycles. The van der Waals surface area contributed by atoms with Gasteiger partial charge < -0.3 is 19.7 Å². The zero-order chi connectivity index (χ0) is 6.08. The molecule has 0 atom stereocenters. The number of carbonyl (C=O) groups is 1. The van der Waals surface area contributed by atoms with E-state index in [2.05, 4.69) is 0 Å². The molecule has 2 N–H and O–H groups in total. The van der Waals surface area contributed by atoms with Crippen molar-refractivity contribution in [3.63, 3.8) is 0 Å². The third kappa shape index (κ3) is 5.39. The number of carboxylic acid groups (broad SMARTS) is 1. The quantitative estimate of drug-likeness (QED) is 0.301. The molecule has 0 spiro atoms. The molecule has 0 aromatic rings. The minimum atomic E-state index is -4.93. The maximum absolute atomic E-state index is 9.36. The van der Waals surface area contributed by atoms with Gasteiger partial charge >= 0.3 is 59.0 Å². The van der Waals surface area contributed by atoms with Gasteiger partial charge in [0.25, 0.3) is 0 Å². The van der Waals surface area contributed by atoms with Crippen molar-refractivity contribution in [1.82, 2.24) is 0 Å². The average Bonchev–Trinajstić information content (AvgIpc) is 1.31. The number of rotatable bonds is 1. The molecule has 0 fully saturated rings. The van der Waals surface area contributed by atoms with E-state index in [1.165, 1.54) is 0 Å². The van der Waals surface area contributed by atoms with Crippen LogP contribution in [0.4, 0.5) is 4.79 Å². The summed E-state index contributed by atoms with van der Waals surface area (Å²) in [6.45, 7) is 0. The van der Waals surface area contributed by atoms with Crippen molar-refractivity contribution in [2.24, 2.45) is 0 Å². The van der Waals surface area contributed by atoms with Crippen LogP contribution in [-0.4, -0.2) is 15.5 Å². The first-order valence-corrected chi connectivity index (χ1v) is 2.83. The molecule has 8 heavy (non-hydrogen) atoms. The van der Waals surface area contributed by atoms with Crippen LogP contribution in [-0.2, 0) is 4.57 Å². The summed E-state index contributed by atoms with van der Waals surface area (Å²) in [6, 6.07) is 0. The van der Waals surface area contributed by atoms with Crippen LogP contribution < -0.4 is 56.5 Å². The van der Waals surface area contributed by atoms with E-state index in [0.717, 1.165) is 0 Å². The Morgan fingerprint density at radius 1 is 1.50 bits per heavy atom. The summed E-state index contributed by atoms with van der Waals surface area (Å²) in [6.07, 6.45) is 0. The first-order valence-electron chi connectivity index (χ1n) is 1.21. The zero-order valence-corrected chi connectivity index (χ0v) is 8.08. The summed E-state index contributed by atoms with van der Waals surface area (Å²) in [5, 5.41) is 9.15. The average molecular weight is 164 g/mol. The first kappa shape index (κ1) is 12.0. The molecular weight excluding hydrogens is 162 g/mol. The molecule has 0 aliphatic rings. The van der Waals surface area contributed by atoms with Gasteiger partial charge in [-0.3, -0.25) is 4.57 Å². The number of carbonyl (C=O) groups excluding carboxylic acids is 1. The van der Waals surface area contributed by atoms with Crippen molar-refractivity contribution in [3.05, 3.63) is 0 Å². The molecule has 0 aromatic heterocycles. The summed E-state index contributed by atoms with van der Waals surface area (Å²) in [4.78, 5) is 24.2. The van der Waals surface area contributed by atoms with E-state index in [4.69, 9.17) is 19.7 Å². The second-order valence-corrected chi connectivity index (χ2v) is 2.26. The Kier molecular flexibility index (Phi) is 6.19. The van der Waals surface area contributed by atoms with Gasteiger partial charge in [0, 0.05) is 0 Å². The van der Waals surface area contributed by atoms with E-state index in [9.17, 15) is 4.57 Å². The molecule has 7 heteroatoms. The van der Waals surface area contributed by atoms with Crippen molar-refractivity contribution < 1.29 is 75.6 Å². The summed E-state index contributed by atoms with van der Waals surface area (Å²) >= 11 is 0. The Hall–Kier alpha value is 1.26. The predicted molar refractivity (Wildman–Crippen MR) is 17.4 cm³/mol. The van der Waals surface area contributed by atoms with Crippen molar-refractivity contribution in [1.29, 1.82) is 0 Å². The largest absolute Gasteiger partial charge is 1.00 e. The van der Waals surface area contributed by atoms with E-state index in [0.29, 0.717) is 0 Å². The number of hydrogen-bond donors (Lipinski definition) is 2. The molecule has 42 valence electrons. The van der Waals surface area contributed by atoms with Crippen LogP contribution in [0.5, 0.6) is 0 Å². The fourth-order valence-corrected chi connectivity index (χ4v) is 0. The van der Waals surface area contributed by atoms with Crippen molar-refractivity contribution in [3.8, 4) is 0 Å². The summed E-state index contributed by atoms with van der Waals surface area (Å²) in [7, 11) is -4.93. The van der Waals surface area contributed by atoms with Crippen molar-refractivity contribution in [2.45, 2.75) is 0 Å². The van der Waals surface area contributed by atoms with Crippen LogP contribution in [0, 0.1) is 0 Å². The van der Waals surface area contributed by atoms with Crippen LogP contribution >= 0.6 is 7.60 Å². The fourth-order valence-electron chi connectivity index (χ4n) is 0. The normalized spacial score (nSPS) is 9.75. The van der Waals surface area contributed by atoms with E-state index in [-0.39, 0.29) is 51.4 Å². The third-order valence-electron chi connectivity index (χ3n) is 0.238. The Bertz CT molecular complexity index is 124. The summed E-state index contributed by atoms with van der Waals surface area (Å²) in [5.74, 6) is 0. The Balaban J connectivity index is 0.